The van der Waals surface area contributed by atoms with Crippen LogP contribution in [-0.2, 0) is 23.9 Å². The maximum absolute atomic E-state index is 14.7. The van der Waals surface area contributed by atoms with E-state index in [1.165, 1.54) is 28.0 Å². The third kappa shape index (κ3) is 5.19. The van der Waals surface area contributed by atoms with Crippen LogP contribution in [0.1, 0.15) is 23.6 Å². The van der Waals surface area contributed by atoms with Gasteiger partial charge in [-0.05, 0) is 30.7 Å². The molecule has 1 unspecified atom stereocenters. The fourth-order valence-electron chi connectivity index (χ4n) is 3.86. The number of pyridine rings is 2. The highest BCUT2D eigenvalue weighted by atomic mass is 19.4. The molecule has 0 saturated carbocycles. The van der Waals surface area contributed by atoms with E-state index in [4.69, 9.17) is 4.74 Å². The van der Waals surface area contributed by atoms with Crippen molar-refractivity contribution in [1.29, 1.82) is 0 Å². The first-order valence-electron chi connectivity index (χ1n) is 10.7. The van der Waals surface area contributed by atoms with Gasteiger partial charge in [-0.15, -0.1) is 0 Å². The minimum atomic E-state index is -4.82. The van der Waals surface area contributed by atoms with Crippen LogP contribution in [0.2, 0.25) is 0 Å². The molecular weight excluding hydrogens is 480 g/mol. The number of rotatable bonds is 6. The number of halogens is 6. The Morgan fingerprint density at radius 2 is 2.00 bits per heavy atom. The first-order chi connectivity index (χ1) is 16.6. The fourth-order valence-corrected chi connectivity index (χ4v) is 3.86. The molecule has 1 aliphatic rings. The molecule has 0 aromatic carbocycles. The van der Waals surface area contributed by atoms with Gasteiger partial charge in [-0.25, -0.2) is 18.2 Å². The molecule has 1 aliphatic heterocycles. The van der Waals surface area contributed by atoms with Gasteiger partial charge in [0.1, 0.15) is 11.9 Å². The molecule has 0 spiro atoms. The molecule has 3 aromatic heterocycles. The molecule has 3 aromatic rings. The van der Waals surface area contributed by atoms with Crippen molar-refractivity contribution in [3.8, 4) is 5.82 Å². The number of nitrogens with zero attached hydrogens (tertiary/aromatic N) is 5. The molecule has 0 N–H and O–H groups in total. The van der Waals surface area contributed by atoms with Crippen LogP contribution in [0.4, 0.5) is 32.2 Å². The molecule has 0 radical (unpaired) electrons. The summed E-state index contributed by atoms with van der Waals surface area (Å²) in [5, 5.41) is 4.01. The first kappa shape index (κ1) is 24.8. The number of aromatic nitrogens is 4. The van der Waals surface area contributed by atoms with Crippen LogP contribution in [-0.4, -0.2) is 51.6 Å². The van der Waals surface area contributed by atoms with E-state index < -0.39 is 47.0 Å². The third-order valence-corrected chi connectivity index (χ3v) is 5.63. The second-order valence-electron chi connectivity index (χ2n) is 7.93. The quantitative estimate of drug-likeness (QED) is 0.483. The van der Waals surface area contributed by atoms with Crippen LogP contribution >= 0.6 is 0 Å². The molecule has 35 heavy (non-hydrogen) atoms. The van der Waals surface area contributed by atoms with E-state index in [1.54, 1.807) is 6.92 Å². The van der Waals surface area contributed by atoms with Crippen LogP contribution < -0.4 is 10.5 Å². The van der Waals surface area contributed by atoms with Gasteiger partial charge >= 0.3 is 6.18 Å². The highest BCUT2D eigenvalue weighted by molar-refractivity contribution is 5.45. The maximum Gasteiger partial charge on any atom is 0.416 e. The van der Waals surface area contributed by atoms with Gasteiger partial charge in [-0.2, -0.15) is 18.3 Å². The molecule has 0 amide bonds. The van der Waals surface area contributed by atoms with Crippen LogP contribution in [0.15, 0.2) is 41.6 Å². The van der Waals surface area contributed by atoms with Gasteiger partial charge in [0.25, 0.3) is 12.0 Å². The number of morpholine rings is 1. The van der Waals surface area contributed by atoms with E-state index in [-0.39, 0.29) is 31.9 Å². The summed E-state index contributed by atoms with van der Waals surface area (Å²) in [5.74, 6) is -1.40. The summed E-state index contributed by atoms with van der Waals surface area (Å²) in [4.78, 5) is 18.7. The SMILES string of the molecule is CCn1cc(Cc2c(C(F)(F)F)ccn(-c3nc(N4CCOC(C(F)F)C4)ccc3F)c2=O)cn1. The number of ether oxygens (including phenoxy) is 1. The van der Waals surface area contributed by atoms with Gasteiger partial charge in [-0.1, -0.05) is 0 Å². The monoisotopic (exact) mass is 501 g/mol. The van der Waals surface area contributed by atoms with Crippen LogP contribution in [0.5, 0.6) is 0 Å². The molecule has 1 saturated heterocycles. The van der Waals surface area contributed by atoms with E-state index >= 15 is 0 Å². The number of aryl methyl sites for hydroxylation is 1. The molecule has 1 atom stereocenters. The van der Waals surface area contributed by atoms with Gasteiger partial charge in [0.15, 0.2) is 11.6 Å². The van der Waals surface area contributed by atoms with Gasteiger partial charge in [0.2, 0.25) is 0 Å². The van der Waals surface area contributed by atoms with Gasteiger partial charge in [-0.3, -0.25) is 14.0 Å². The lowest BCUT2D eigenvalue weighted by Gasteiger charge is -2.33. The molecule has 1 fully saturated rings. The zero-order valence-electron chi connectivity index (χ0n) is 18.5. The Kier molecular flexibility index (Phi) is 6.88. The van der Waals surface area contributed by atoms with Crippen LogP contribution in [0.25, 0.3) is 5.82 Å². The van der Waals surface area contributed by atoms with E-state index in [0.717, 1.165) is 12.3 Å². The van der Waals surface area contributed by atoms with Gasteiger partial charge < -0.3 is 9.64 Å². The summed E-state index contributed by atoms with van der Waals surface area (Å²) in [6, 6.07) is 2.93. The summed E-state index contributed by atoms with van der Waals surface area (Å²) in [5.41, 5.74) is -2.46. The standard InChI is InChI=1S/C22H21F6N5O2/c1-2-32-11-13(10-29-32)9-14-15(22(26,27)28)5-6-33(21(14)34)20-16(23)3-4-18(30-20)31-7-8-35-17(12-31)19(24)25/h3-6,10-11,17,19H,2,7-9,12H2,1H3. The Balaban J connectivity index is 1.77. The van der Waals surface area contributed by atoms with Crippen LogP contribution in [0.3, 0.4) is 0 Å². The predicted molar refractivity (Wildman–Crippen MR) is 113 cm³/mol. The van der Waals surface area contributed by atoms with Crippen molar-refractivity contribution in [2.75, 3.05) is 24.6 Å². The molecule has 0 aliphatic carbocycles. The summed E-state index contributed by atoms with van der Waals surface area (Å²) < 4.78 is 89.2. The lowest BCUT2D eigenvalue weighted by Crippen LogP contribution is -2.46. The van der Waals surface area contributed by atoms with Crippen molar-refractivity contribution in [2.45, 2.75) is 38.6 Å². The highest BCUT2D eigenvalue weighted by Gasteiger charge is 2.35. The van der Waals surface area contributed by atoms with Gasteiger partial charge in [0, 0.05) is 37.5 Å². The Morgan fingerprint density at radius 3 is 2.66 bits per heavy atom. The second-order valence-corrected chi connectivity index (χ2v) is 7.93. The highest BCUT2D eigenvalue weighted by Crippen LogP contribution is 2.32. The van der Waals surface area contributed by atoms with Crippen LogP contribution in [0, 0.1) is 5.82 Å². The largest absolute Gasteiger partial charge is 0.416 e. The van der Waals surface area contributed by atoms with Crippen molar-refractivity contribution < 1.29 is 31.1 Å². The van der Waals surface area contributed by atoms with Crippen molar-refractivity contribution in [3.63, 3.8) is 0 Å². The second kappa shape index (κ2) is 9.72. The predicted octanol–water partition coefficient (Wildman–Crippen LogP) is 3.67. The van der Waals surface area contributed by atoms with Crippen molar-refractivity contribution in [1.82, 2.24) is 19.3 Å². The smallest absolute Gasteiger partial charge is 0.369 e. The Labute approximate surface area is 195 Å². The Bertz CT molecular complexity index is 1260. The lowest BCUT2D eigenvalue weighted by molar-refractivity contribution is -0.138. The van der Waals surface area contributed by atoms with E-state index in [9.17, 15) is 31.1 Å². The lowest BCUT2D eigenvalue weighted by atomic mass is 10.0. The molecule has 13 heteroatoms. The zero-order chi connectivity index (χ0) is 25.3. The third-order valence-electron chi connectivity index (χ3n) is 5.63. The average molecular weight is 501 g/mol. The molecule has 4 rings (SSSR count). The number of anilines is 1. The molecule has 0 bridgehead atoms. The van der Waals surface area contributed by atoms with Crippen molar-refractivity contribution in [3.05, 3.63) is 69.7 Å². The van der Waals surface area contributed by atoms with Crippen molar-refractivity contribution in [2.24, 2.45) is 0 Å². The normalized spacial score (nSPS) is 16.8. The van der Waals surface area contributed by atoms with E-state index in [2.05, 4.69) is 10.1 Å². The number of hydrogen-bond acceptors (Lipinski definition) is 5. The summed E-state index contributed by atoms with van der Waals surface area (Å²) in [6.45, 7) is 2.24. The average Bonchev–Trinajstić information content (AvgIpc) is 3.28. The Hall–Kier alpha value is -3.35. The maximum atomic E-state index is 14.7. The number of hydrogen-bond donors (Lipinski definition) is 0. The summed E-state index contributed by atoms with van der Waals surface area (Å²) in [6.07, 6.45) is -5.62. The molecule has 7 nitrogen and oxygen atoms in total. The summed E-state index contributed by atoms with van der Waals surface area (Å²) in [7, 11) is 0. The fraction of sp³-hybridized carbons (Fsp3) is 0.409. The molecular formula is C22H21F6N5O2. The zero-order valence-corrected chi connectivity index (χ0v) is 18.5. The molecule has 188 valence electrons. The number of alkyl halides is 5. The van der Waals surface area contributed by atoms with E-state index in [1.807, 2.05) is 0 Å². The topological polar surface area (TPSA) is 65.2 Å². The minimum absolute atomic E-state index is 0.0147. The molecule has 4 heterocycles. The van der Waals surface area contributed by atoms with E-state index in [0.29, 0.717) is 22.7 Å². The van der Waals surface area contributed by atoms with Gasteiger partial charge in [0.05, 0.1) is 24.9 Å². The first-order valence-corrected chi connectivity index (χ1v) is 10.7. The Morgan fingerprint density at radius 1 is 1.23 bits per heavy atom. The summed E-state index contributed by atoms with van der Waals surface area (Å²) >= 11 is 0. The minimum Gasteiger partial charge on any atom is -0.369 e. The van der Waals surface area contributed by atoms with Crippen molar-refractivity contribution >= 4 is 5.82 Å².